The molecule has 0 unspecified atom stereocenters. The molecule has 0 bridgehead atoms. The van der Waals surface area contributed by atoms with Crippen molar-refractivity contribution in [1.29, 1.82) is 0 Å². The average molecular weight is 276 g/mol. The van der Waals surface area contributed by atoms with Crippen molar-refractivity contribution in [2.45, 2.75) is 39.3 Å². The zero-order valence-electron chi connectivity index (χ0n) is 12.1. The minimum atomic E-state index is -0.941. The Kier molecular flexibility index (Phi) is 3.70. The lowest BCUT2D eigenvalue weighted by Gasteiger charge is -2.32. The molecule has 20 heavy (non-hydrogen) atoms. The molecule has 108 valence electrons. The normalized spacial score (nSPS) is 14.7. The Labute approximate surface area is 118 Å². The zero-order valence-corrected chi connectivity index (χ0v) is 12.1. The predicted octanol–water partition coefficient (Wildman–Crippen LogP) is 2.25. The fourth-order valence-corrected chi connectivity index (χ4v) is 2.26. The van der Waals surface area contributed by atoms with Crippen LogP contribution in [0.25, 0.3) is 0 Å². The second kappa shape index (κ2) is 5.15. The van der Waals surface area contributed by atoms with E-state index in [0.29, 0.717) is 13.1 Å². The smallest absolute Gasteiger partial charge is 0.335 e. The summed E-state index contributed by atoms with van der Waals surface area (Å²) in [5, 5.41) is 11.9. The number of amides is 2. The van der Waals surface area contributed by atoms with Crippen LogP contribution in [-0.4, -0.2) is 34.1 Å². The highest BCUT2D eigenvalue weighted by Gasteiger charge is 2.24. The number of carboxylic acids is 1. The molecule has 0 saturated heterocycles. The quantitative estimate of drug-likeness (QED) is 0.826. The highest BCUT2D eigenvalue weighted by molar-refractivity contribution is 5.88. The van der Waals surface area contributed by atoms with Gasteiger partial charge >= 0.3 is 12.0 Å². The molecule has 2 amide bonds. The van der Waals surface area contributed by atoms with Crippen LogP contribution in [0.3, 0.4) is 0 Å². The number of aromatic carboxylic acids is 1. The number of hydrogen-bond acceptors (Lipinski definition) is 2. The van der Waals surface area contributed by atoms with Crippen LogP contribution in [0.2, 0.25) is 0 Å². The van der Waals surface area contributed by atoms with Gasteiger partial charge in [-0.1, -0.05) is 6.07 Å². The predicted molar refractivity (Wildman–Crippen MR) is 75.8 cm³/mol. The molecule has 2 rings (SSSR count). The Morgan fingerprint density at radius 1 is 1.25 bits per heavy atom. The van der Waals surface area contributed by atoms with Crippen molar-refractivity contribution in [2.24, 2.45) is 0 Å². The van der Waals surface area contributed by atoms with Gasteiger partial charge in [0.05, 0.1) is 5.56 Å². The van der Waals surface area contributed by atoms with E-state index < -0.39 is 5.97 Å². The molecule has 1 aliphatic rings. The molecule has 0 saturated carbocycles. The number of nitrogens with zero attached hydrogens (tertiary/aromatic N) is 1. The molecule has 0 radical (unpaired) electrons. The van der Waals surface area contributed by atoms with Crippen LogP contribution in [0.15, 0.2) is 18.2 Å². The van der Waals surface area contributed by atoms with Crippen molar-refractivity contribution < 1.29 is 14.7 Å². The van der Waals surface area contributed by atoms with Gasteiger partial charge in [-0.3, -0.25) is 0 Å². The summed E-state index contributed by atoms with van der Waals surface area (Å²) < 4.78 is 0. The maximum Gasteiger partial charge on any atom is 0.335 e. The summed E-state index contributed by atoms with van der Waals surface area (Å²) in [4.78, 5) is 24.9. The summed E-state index contributed by atoms with van der Waals surface area (Å²) in [6, 6.07) is 5.02. The molecule has 1 heterocycles. The first kappa shape index (κ1) is 14.4. The lowest BCUT2D eigenvalue weighted by Crippen LogP contribution is -2.49. The van der Waals surface area contributed by atoms with Crippen LogP contribution in [-0.2, 0) is 13.0 Å². The van der Waals surface area contributed by atoms with Crippen molar-refractivity contribution >= 4 is 12.0 Å². The monoisotopic (exact) mass is 276 g/mol. The Balaban J connectivity index is 2.15. The number of benzene rings is 1. The van der Waals surface area contributed by atoms with Crippen LogP contribution in [0.5, 0.6) is 0 Å². The van der Waals surface area contributed by atoms with Gasteiger partial charge < -0.3 is 15.3 Å². The summed E-state index contributed by atoms with van der Waals surface area (Å²) in [6.45, 7) is 6.92. The van der Waals surface area contributed by atoms with E-state index in [1.54, 1.807) is 17.0 Å². The largest absolute Gasteiger partial charge is 0.478 e. The van der Waals surface area contributed by atoms with E-state index in [2.05, 4.69) is 5.32 Å². The summed E-state index contributed by atoms with van der Waals surface area (Å²) in [6.07, 6.45) is 0.757. The van der Waals surface area contributed by atoms with Crippen molar-refractivity contribution in [1.82, 2.24) is 10.2 Å². The number of fused-ring (bicyclic) bond motifs is 1. The summed E-state index contributed by atoms with van der Waals surface area (Å²) in [5.41, 5.74) is 2.03. The molecule has 5 heteroatoms. The molecule has 2 N–H and O–H groups in total. The second-order valence-electron chi connectivity index (χ2n) is 6.14. The van der Waals surface area contributed by atoms with Gasteiger partial charge in [0.2, 0.25) is 0 Å². The maximum atomic E-state index is 12.1. The molecule has 0 fully saturated rings. The number of hydrogen-bond donors (Lipinski definition) is 2. The van der Waals surface area contributed by atoms with Crippen LogP contribution >= 0.6 is 0 Å². The SMILES string of the molecule is CC(C)(C)NC(=O)N1CCc2ccc(C(=O)O)cc2C1. The molecule has 1 aliphatic heterocycles. The minimum Gasteiger partial charge on any atom is -0.478 e. The van der Waals surface area contributed by atoms with Crippen LogP contribution in [0, 0.1) is 0 Å². The zero-order chi connectivity index (χ0) is 14.9. The third-order valence-electron chi connectivity index (χ3n) is 3.23. The van der Waals surface area contributed by atoms with Gasteiger partial charge in [-0.2, -0.15) is 0 Å². The second-order valence-corrected chi connectivity index (χ2v) is 6.14. The van der Waals surface area contributed by atoms with Gasteiger partial charge in [0.15, 0.2) is 0 Å². The molecule has 5 nitrogen and oxygen atoms in total. The van der Waals surface area contributed by atoms with Gasteiger partial charge in [-0.05, 0) is 50.5 Å². The van der Waals surface area contributed by atoms with Crippen molar-refractivity contribution in [2.75, 3.05) is 6.54 Å². The molecular weight excluding hydrogens is 256 g/mol. The number of rotatable bonds is 1. The topological polar surface area (TPSA) is 69.6 Å². The first-order valence-electron chi connectivity index (χ1n) is 6.68. The van der Waals surface area contributed by atoms with Crippen LogP contribution in [0.1, 0.15) is 42.3 Å². The van der Waals surface area contributed by atoms with Gasteiger partial charge in [-0.15, -0.1) is 0 Å². The standard InChI is InChI=1S/C15H20N2O3/c1-15(2,3)16-14(20)17-7-6-10-4-5-11(13(18)19)8-12(10)9-17/h4-5,8H,6-7,9H2,1-3H3,(H,16,20)(H,18,19). The Hall–Kier alpha value is -2.04. The molecule has 0 atom stereocenters. The lowest BCUT2D eigenvalue weighted by atomic mass is 9.97. The van der Waals surface area contributed by atoms with E-state index in [-0.39, 0.29) is 17.1 Å². The first-order valence-corrected chi connectivity index (χ1v) is 6.68. The summed E-state index contributed by atoms with van der Waals surface area (Å²) in [5.74, 6) is -0.941. The Morgan fingerprint density at radius 2 is 1.95 bits per heavy atom. The number of carboxylic acid groups (broad SMARTS) is 1. The number of urea groups is 1. The molecule has 0 aliphatic carbocycles. The average Bonchev–Trinajstić information content (AvgIpc) is 2.35. The van der Waals surface area contributed by atoms with Crippen LogP contribution < -0.4 is 5.32 Å². The molecule has 1 aromatic carbocycles. The highest BCUT2D eigenvalue weighted by Crippen LogP contribution is 2.21. The summed E-state index contributed by atoms with van der Waals surface area (Å²) in [7, 11) is 0. The van der Waals surface area contributed by atoms with Gasteiger partial charge in [-0.25, -0.2) is 9.59 Å². The fourth-order valence-electron chi connectivity index (χ4n) is 2.26. The minimum absolute atomic E-state index is 0.108. The van der Waals surface area contributed by atoms with Gasteiger partial charge in [0, 0.05) is 18.6 Å². The van der Waals surface area contributed by atoms with E-state index in [9.17, 15) is 9.59 Å². The van der Waals surface area contributed by atoms with E-state index in [4.69, 9.17) is 5.11 Å². The number of carbonyl (C=O) groups is 2. The third-order valence-corrected chi connectivity index (χ3v) is 3.23. The third kappa shape index (κ3) is 3.29. The van der Waals surface area contributed by atoms with Crippen molar-refractivity contribution in [3.63, 3.8) is 0 Å². The molecular formula is C15H20N2O3. The van der Waals surface area contributed by atoms with E-state index in [0.717, 1.165) is 17.5 Å². The number of carbonyl (C=O) groups excluding carboxylic acids is 1. The lowest BCUT2D eigenvalue weighted by molar-refractivity contribution is 0.0696. The first-order chi connectivity index (χ1) is 9.26. The molecule has 1 aromatic rings. The Morgan fingerprint density at radius 3 is 2.55 bits per heavy atom. The molecule has 0 aromatic heterocycles. The van der Waals surface area contributed by atoms with E-state index in [1.165, 1.54) is 0 Å². The summed E-state index contributed by atoms with van der Waals surface area (Å²) >= 11 is 0. The fraction of sp³-hybridized carbons (Fsp3) is 0.467. The van der Waals surface area contributed by atoms with E-state index in [1.807, 2.05) is 26.8 Å². The van der Waals surface area contributed by atoms with Crippen molar-refractivity contribution in [3.8, 4) is 0 Å². The van der Waals surface area contributed by atoms with E-state index >= 15 is 0 Å². The maximum absolute atomic E-state index is 12.1. The van der Waals surface area contributed by atoms with Gasteiger partial charge in [0.25, 0.3) is 0 Å². The van der Waals surface area contributed by atoms with Crippen LogP contribution in [0.4, 0.5) is 4.79 Å². The molecule has 0 spiro atoms. The van der Waals surface area contributed by atoms with Crippen molar-refractivity contribution in [3.05, 3.63) is 34.9 Å². The van der Waals surface area contributed by atoms with Gasteiger partial charge in [0.1, 0.15) is 0 Å². The number of nitrogens with one attached hydrogen (secondary N) is 1. The highest BCUT2D eigenvalue weighted by atomic mass is 16.4. The Bertz CT molecular complexity index is 547.